The van der Waals surface area contributed by atoms with Crippen LogP contribution in [0.5, 0.6) is 0 Å². The normalized spacial score (nSPS) is 21.9. The first-order chi connectivity index (χ1) is 6.53. The van der Waals surface area contributed by atoms with E-state index in [0.717, 1.165) is 19.3 Å². The van der Waals surface area contributed by atoms with Crippen molar-refractivity contribution in [3.63, 3.8) is 0 Å². The van der Waals surface area contributed by atoms with Gasteiger partial charge in [0.2, 0.25) is 0 Å². The van der Waals surface area contributed by atoms with Crippen molar-refractivity contribution >= 4 is 5.84 Å². The van der Waals surface area contributed by atoms with E-state index in [1.807, 2.05) is 7.05 Å². The Hall–Kier alpha value is -0.790. The molecule has 1 heterocycles. The molecule has 0 aromatic carbocycles. The Morgan fingerprint density at radius 1 is 1.57 bits per heavy atom. The van der Waals surface area contributed by atoms with Gasteiger partial charge in [0.15, 0.2) is 0 Å². The minimum absolute atomic E-state index is 0.209. The van der Waals surface area contributed by atoms with Crippen LogP contribution in [0.1, 0.15) is 46.5 Å². The minimum atomic E-state index is 0.209. The van der Waals surface area contributed by atoms with E-state index in [4.69, 9.17) is 0 Å². The van der Waals surface area contributed by atoms with Crippen molar-refractivity contribution in [1.82, 2.24) is 4.90 Å². The molecule has 0 N–H and O–H groups in total. The van der Waals surface area contributed by atoms with Gasteiger partial charge in [-0.3, -0.25) is 4.99 Å². The molecule has 80 valence electrons. The van der Waals surface area contributed by atoms with Gasteiger partial charge in [0.25, 0.3) is 0 Å². The zero-order chi connectivity index (χ0) is 10.8. The minimum Gasteiger partial charge on any atom is -0.329 e. The summed E-state index contributed by atoms with van der Waals surface area (Å²) in [6.07, 6.45) is 4.50. The lowest BCUT2D eigenvalue weighted by molar-refractivity contribution is 0.304. The van der Waals surface area contributed by atoms with Gasteiger partial charge in [0.1, 0.15) is 5.84 Å². The molecule has 0 saturated carbocycles. The van der Waals surface area contributed by atoms with Crippen LogP contribution in [-0.4, -0.2) is 23.3 Å². The Labute approximate surface area is 87.7 Å². The maximum absolute atomic E-state index is 4.39. The second-order valence-corrected chi connectivity index (χ2v) is 4.60. The molecule has 14 heavy (non-hydrogen) atoms. The molecule has 0 radical (unpaired) electrons. The van der Waals surface area contributed by atoms with Crippen LogP contribution in [0.25, 0.3) is 0 Å². The second-order valence-electron chi connectivity index (χ2n) is 4.60. The zero-order valence-corrected chi connectivity index (χ0v) is 9.93. The summed E-state index contributed by atoms with van der Waals surface area (Å²) in [6, 6.07) is 0. The highest BCUT2D eigenvalue weighted by Gasteiger charge is 2.36. The summed E-state index contributed by atoms with van der Waals surface area (Å²) in [6.45, 7) is 10.9. The Bertz CT molecular complexity index is 251. The van der Waals surface area contributed by atoms with Gasteiger partial charge < -0.3 is 4.90 Å². The fourth-order valence-corrected chi connectivity index (χ4v) is 2.18. The lowest BCUT2D eigenvalue weighted by Crippen LogP contribution is -2.41. The Balaban J connectivity index is 2.88. The molecule has 2 nitrogen and oxygen atoms in total. The van der Waals surface area contributed by atoms with Crippen molar-refractivity contribution in [3.8, 4) is 0 Å². The van der Waals surface area contributed by atoms with E-state index in [0.29, 0.717) is 0 Å². The van der Waals surface area contributed by atoms with Crippen LogP contribution in [0.2, 0.25) is 0 Å². The van der Waals surface area contributed by atoms with Crippen molar-refractivity contribution in [2.75, 3.05) is 7.05 Å². The molecule has 1 fully saturated rings. The molecule has 1 rings (SSSR count). The molecule has 0 unspecified atom stereocenters. The molecule has 1 aliphatic rings. The van der Waals surface area contributed by atoms with Crippen LogP contribution < -0.4 is 0 Å². The Kier molecular flexibility index (Phi) is 3.35. The number of likely N-dealkylation sites (tertiary alicyclic amines) is 1. The fraction of sp³-hybridized carbons (Fsp3) is 0.750. The topological polar surface area (TPSA) is 15.6 Å². The third-order valence-corrected chi connectivity index (χ3v) is 2.94. The fourth-order valence-electron chi connectivity index (χ4n) is 2.18. The highest BCUT2D eigenvalue weighted by atomic mass is 15.3. The predicted molar refractivity (Wildman–Crippen MR) is 62.6 cm³/mol. The average Bonchev–Trinajstić information content (AvgIpc) is 2.38. The summed E-state index contributed by atoms with van der Waals surface area (Å²) in [7, 11) is 1.88. The Morgan fingerprint density at radius 3 is 2.57 bits per heavy atom. The van der Waals surface area contributed by atoms with E-state index in [-0.39, 0.29) is 5.54 Å². The number of amidine groups is 1. The highest BCUT2D eigenvalue weighted by Crippen LogP contribution is 2.35. The lowest BCUT2D eigenvalue weighted by atomic mass is 10.0. The van der Waals surface area contributed by atoms with E-state index in [2.05, 4.69) is 37.2 Å². The summed E-state index contributed by atoms with van der Waals surface area (Å²) in [5.74, 6) is 1.19. The van der Waals surface area contributed by atoms with Gasteiger partial charge in [-0.25, -0.2) is 0 Å². The number of aliphatic imine (C=N–C) groups is 1. The molecule has 0 aromatic rings. The van der Waals surface area contributed by atoms with Crippen LogP contribution in [0.4, 0.5) is 0 Å². The molecule has 0 aliphatic carbocycles. The monoisotopic (exact) mass is 194 g/mol. The molecule has 0 atom stereocenters. The van der Waals surface area contributed by atoms with Crippen LogP contribution in [0.15, 0.2) is 17.3 Å². The molecular formula is C12H22N2. The first-order valence-electron chi connectivity index (χ1n) is 5.46. The summed E-state index contributed by atoms with van der Waals surface area (Å²) in [5, 5.41) is 0. The van der Waals surface area contributed by atoms with Crippen LogP contribution >= 0.6 is 0 Å². The summed E-state index contributed by atoms with van der Waals surface area (Å²) in [5.41, 5.74) is 1.44. The van der Waals surface area contributed by atoms with Crippen molar-refractivity contribution in [1.29, 1.82) is 0 Å². The smallest absolute Gasteiger partial charge is 0.103 e. The van der Waals surface area contributed by atoms with Gasteiger partial charge in [-0.05, 0) is 33.1 Å². The van der Waals surface area contributed by atoms with E-state index < -0.39 is 0 Å². The van der Waals surface area contributed by atoms with Crippen molar-refractivity contribution < 1.29 is 0 Å². The largest absolute Gasteiger partial charge is 0.329 e. The third-order valence-electron chi connectivity index (χ3n) is 2.94. The van der Waals surface area contributed by atoms with Crippen molar-refractivity contribution in [2.45, 2.75) is 52.0 Å². The van der Waals surface area contributed by atoms with E-state index in [1.54, 1.807) is 0 Å². The molecule has 1 saturated heterocycles. The summed E-state index contributed by atoms with van der Waals surface area (Å²) >= 11 is 0. The van der Waals surface area contributed by atoms with E-state index in [9.17, 15) is 0 Å². The molecular weight excluding hydrogens is 172 g/mol. The molecule has 0 spiro atoms. The van der Waals surface area contributed by atoms with Gasteiger partial charge >= 0.3 is 0 Å². The van der Waals surface area contributed by atoms with Crippen molar-refractivity contribution in [3.05, 3.63) is 12.3 Å². The second kappa shape index (κ2) is 4.16. The number of rotatable bonds is 2. The first-order valence-corrected chi connectivity index (χ1v) is 5.46. The number of nitrogens with zero attached hydrogens (tertiary/aromatic N) is 2. The van der Waals surface area contributed by atoms with Gasteiger partial charge in [-0.1, -0.05) is 13.5 Å². The van der Waals surface area contributed by atoms with Gasteiger partial charge in [0.05, 0.1) is 0 Å². The maximum Gasteiger partial charge on any atom is 0.103 e. The number of hydrogen-bond donors (Lipinski definition) is 0. The Morgan fingerprint density at radius 2 is 2.21 bits per heavy atom. The van der Waals surface area contributed by atoms with E-state index >= 15 is 0 Å². The lowest BCUT2D eigenvalue weighted by Gasteiger charge is -2.34. The SMILES string of the molecule is C=C1CCC(C)(C)N1C(CCC)=NC. The van der Waals surface area contributed by atoms with E-state index in [1.165, 1.54) is 18.0 Å². The van der Waals surface area contributed by atoms with Gasteiger partial charge in [-0.15, -0.1) is 0 Å². The number of allylic oxidation sites excluding steroid dienone is 1. The molecule has 0 aromatic heterocycles. The maximum atomic E-state index is 4.39. The highest BCUT2D eigenvalue weighted by molar-refractivity contribution is 5.85. The summed E-state index contributed by atoms with van der Waals surface area (Å²) in [4.78, 5) is 6.72. The quantitative estimate of drug-likeness (QED) is 0.487. The molecule has 2 heteroatoms. The first kappa shape index (κ1) is 11.3. The zero-order valence-electron chi connectivity index (χ0n) is 9.93. The average molecular weight is 194 g/mol. The molecule has 1 aliphatic heterocycles. The van der Waals surface area contributed by atoms with Gasteiger partial charge in [0, 0.05) is 24.7 Å². The van der Waals surface area contributed by atoms with Crippen molar-refractivity contribution in [2.24, 2.45) is 4.99 Å². The molecule has 0 bridgehead atoms. The van der Waals surface area contributed by atoms with Crippen LogP contribution in [-0.2, 0) is 0 Å². The third kappa shape index (κ3) is 1.99. The summed E-state index contributed by atoms with van der Waals surface area (Å²) < 4.78 is 0. The number of hydrogen-bond acceptors (Lipinski definition) is 1. The predicted octanol–water partition coefficient (Wildman–Crippen LogP) is 3.20. The van der Waals surface area contributed by atoms with Crippen LogP contribution in [0, 0.1) is 0 Å². The van der Waals surface area contributed by atoms with Gasteiger partial charge in [-0.2, -0.15) is 0 Å². The standard InChI is InChI=1S/C12H22N2/c1-6-7-11(13-5)14-10(2)8-9-12(14,3)4/h2,6-9H2,1,3-5H3. The van der Waals surface area contributed by atoms with Crippen LogP contribution in [0.3, 0.4) is 0 Å². The molecule has 0 amide bonds.